The zero-order valence-corrected chi connectivity index (χ0v) is 9.84. The minimum atomic E-state index is -4.38. The van der Waals surface area contributed by atoms with Crippen molar-refractivity contribution in [2.24, 2.45) is 0 Å². The predicted molar refractivity (Wildman–Crippen MR) is 58.7 cm³/mol. The van der Waals surface area contributed by atoms with Crippen molar-refractivity contribution < 1.29 is 22.7 Å². The quantitative estimate of drug-likeness (QED) is 0.832. The molecule has 1 rings (SSSR count). The lowest BCUT2D eigenvalue weighted by molar-refractivity contribution is -0.119. The first-order valence-electron chi connectivity index (χ1n) is 5.44. The molecule has 0 aromatic carbocycles. The van der Waals surface area contributed by atoms with Gasteiger partial charge in [-0.25, -0.2) is 9.37 Å². The summed E-state index contributed by atoms with van der Waals surface area (Å²) in [6.07, 6.45) is -3.05. The summed E-state index contributed by atoms with van der Waals surface area (Å²) in [5.41, 5.74) is 0.0488. The van der Waals surface area contributed by atoms with Crippen LogP contribution < -0.4 is 4.90 Å². The zero-order valence-electron chi connectivity index (χ0n) is 9.84. The topological polar surface area (TPSA) is 36.4 Å². The van der Waals surface area contributed by atoms with E-state index in [9.17, 15) is 17.6 Å². The fourth-order valence-electron chi connectivity index (χ4n) is 1.62. The van der Waals surface area contributed by atoms with Gasteiger partial charge in [-0.15, -0.1) is 0 Å². The lowest BCUT2D eigenvalue weighted by Crippen LogP contribution is -2.36. The van der Waals surface area contributed by atoms with E-state index < -0.39 is 25.1 Å². The number of hydrogen-bond donors (Lipinski definition) is 1. The van der Waals surface area contributed by atoms with Gasteiger partial charge in [0.25, 0.3) is 0 Å². The molecule has 3 nitrogen and oxygen atoms in total. The van der Waals surface area contributed by atoms with Gasteiger partial charge in [0.15, 0.2) is 0 Å². The van der Waals surface area contributed by atoms with Gasteiger partial charge in [-0.1, -0.05) is 6.92 Å². The van der Waals surface area contributed by atoms with E-state index >= 15 is 0 Å². The van der Waals surface area contributed by atoms with Crippen LogP contribution in [0, 0.1) is 5.82 Å². The number of aliphatic hydroxyl groups excluding tert-OH is 1. The summed E-state index contributed by atoms with van der Waals surface area (Å²) in [7, 11) is 0. The SMILES string of the molecule is CCCN(CC(F)(F)F)c1ncc(F)cc1CO. The second kappa shape index (κ2) is 5.99. The first kappa shape index (κ1) is 14.7. The minimum Gasteiger partial charge on any atom is -0.392 e. The number of pyridine rings is 1. The Kier molecular flexibility index (Phi) is 4.89. The van der Waals surface area contributed by atoms with E-state index in [-0.39, 0.29) is 17.9 Å². The van der Waals surface area contributed by atoms with Crippen LogP contribution >= 0.6 is 0 Å². The number of aliphatic hydroxyl groups is 1. The molecule has 0 atom stereocenters. The molecule has 0 fully saturated rings. The molecule has 0 unspecified atom stereocenters. The first-order chi connectivity index (χ1) is 8.37. The number of hydrogen-bond acceptors (Lipinski definition) is 3. The second-order valence-corrected chi connectivity index (χ2v) is 3.83. The summed E-state index contributed by atoms with van der Waals surface area (Å²) in [6, 6.07) is 0.987. The maximum absolute atomic E-state index is 12.9. The van der Waals surface area contributed by atoms with E-state index in [0.717, 1.165) is 17.2 Å². The van der Waals surface area contributed by atoms with Gasteiger partial charge < -0.3 is 10.0 Å². The molecule has 1 aromatic heterocycles. The van der Waals surface area contributed by atoms with Crippen LogP contribution in [0.5, 0.6) is 0 Å². The third kappa shape index (κ3) is 4.14. The summed E-state index contributed by atoms with van der Waals surface area (Å²) < 4.78 is 50.2. The summed E-state index contributed by atoms with van der Waals surface area (Å²) in [4.78, 5) is 4.63. The van der Waals surface area contributed by atoms with Crippen molar-refractivity contribution in [2.75, 3.05) is 18.0 Å². The Balaban J connectivity index is 3.04. The monoisotopic (exact) mass is 266 g/mol. The third-order valence-corrected chi connectivity index (χ3v) is 2.24. The molecule has 1 aromatic rings. The van der Waals surface area contributed by atoms with Crippen LogP contribution in [0.1, 0.15) is 18.9 Å². The standard InChI is InChI=1S/C11H14F4N2O/c1-2-3-17(7-11(13,14)15)10-8(6-18)4-9(12)5-16-10/h4-5,18H,2-3,6-7H2,1H3. The number of rotatable bonds is 5. The van der Waals surface area contributed by atoms with Crippen LogP contribution in [0.15, 0.2) is 12.3 Å². The summed E-state index contributed by atoms with van der Waals surface area (Å²) >= 11 is 0. The first-order valence-corrected chi connectivity index (χ1v) is 5.44. The normalized spacial score (nSPS) is 11.7. The lowest BCUT2D eigenvalue weighted by Gasteiger charge is -2.26. The van der Waals surface area contributed by atoms with Crippen LogP contribution in [-0.2, 0) is 6.61 Å². The Hall–Kier alpha value is -1.37. The van der Waals surface area contributed by atoms with Gasteiger partial charge in [0, 0.05) is 12.1 Å². The van der Waals surface area contributed by atoms with E-state index in [1.807, 2.05) is 0 Å². The number of halogens is 4. The third-order valence-electron chi connectivity index (χ3n) is 2.24. The molecule has 1 heterocycles. The van der Waals surface area contributed by atoms with Gasteiger partial charge in [-0.2, -0.15) is 13.2 Å². The molecule has 0 saturated carbocycles. The van der Waals surface area contributed by atoms with Gasteiger partial charge in [0.2, 0.25) is 0 Å². The van der Waals surface area contributed by atoms with Crippen LogP contribution in [0.3, 0.4) is 0 Å². The maximum Gasteiger partial charge on any atom is 0.405 e. The zero-order chi connectivity index (χ0) is 13.8. The van der Waals surface area contributed by atoms with Crippen molar-refractivity contribution in [3.05, 3.63) is 23.6 Å². The van der Waals surface area contributed by atoms with E-state index in [4.69, 9.17) is 5.11 Å². The molecule has 102 valence electrons. The summed E-state index contributed by atoms with van der Waals surface area (Å²) in [5.74, 6) is -0.718. The van der Waals surface area contributed by atoms with Crippen LogP contribution in [0.25, 0.3) is 0 Å². The van der Waals surface area contributed by atoms with E-state index in [2.05, 4.69) is 4.98 Å². The van der Waals surface area contributed by atoms with Crippen molar-refractivity contribution >= 4 is 5.82 Å². The number of nitrogens with zero attached hydrogens (tertiary/aromatic N) is 2. The largest absolute Gasteiger partial charge is 0.405 e. The highest BCUT2D eigenvalue weighted by Gasteiger charge is 2.31. The number of alkyl halides is 3. The molecule has 0 saturated heterocycles. The fourth-order valence-corrected chi connectivity index (χ4v) is 1.62. The van der Waals surface area contributed by atoms with Gasteiger partial charge in [-0.05, 0) is 12.5 Å². The Labute approximate surface area is 102 Å². The number of anilines is 1. The minimum absolute atomic E-state index is 0.0296. The Bertz CT molecular complexity index is 395. The maximum atomic E-state index is 12.9. The highest BCUT2D eigenvalue weighted by Crippen LogP contribution is 2.24. The lowest BCUT2D eigenvalue weighted by atomic mass is 10.2. The highest BCUT2D eigenvalue weighted by atomic mass is 19.4. The Morgan fingerprint density at radius 2 is 2.06 bits per heavy atom. The molecule has 0 aliphatic carbocycles. The van der Waals surface area contributed by atoms with Crippen LogP contribution in [0.4, 0.5) is 23.4 Å². The molecular formula is C11H14F4N2O. The predicted octanol–water partition coefficient (Wildman–Crippen LogP) is 2.49. The summed E-state index contributed by atoms with van der Waals surface area (Å²) in [6.45, 7) is 0.126. The van der Waals surface area contributed by atoms with E-state index in [0.29, 0.717) is 6.42 Å². The second-order valence-electron chi connectivity index (χ2n) is 3.83. The molecule has 0 radical (unpaired) electrons. The average Bonchev–Trinajstić information content (AvgIpc) is 2.26. The average molecular weight is 266 g/mol. The van der Waals surface area contributed by atoms with Gasteiger partial charge in [0.05, 0.1) is 12.8 Å². The highest BCUT2D eigenvalue weighted by molar-refractivity contribution is 5.46. The molecule has 0 spiro atoms. The van der Waals surface area contributed by atoms with Gasteiger partial charge in [0.1, 0.15) is 18.2 Å². The van der Waals surface area contributed by atoms with Crippen molar-refractivity contribution in [1.29, 1.82) is 0 Å². The van der Waals surface area contributed by atoms with Crippen LogP contribution in [-0.4, -0.2) is 29.4 Å². The Morgan fingerprint density at radius 1 is 1.39 bits per heavy atom. The van der Waals surface area contributed by atoms with Crippen molar-refractivity contribution in [3.63, 3.8) is 0 Å². The fraction of sp³-hybridized carbons (Fsp3) is 0.545. The Morgan fingerprint density at radius 3 is 2.56 bits per heavy atom. The van der Waals surface area contributed by atoms with Crippen molar-refractivity contribution in [1.82, 2.24) is 4.98 Å². The number of aromatic nitrogens is 1. The van der Waals surface area contributed by atoms with Crippen molar-refractivity contribution in [3.8, 4) is 0 Å². The molecule has 0 amide bonds. The molecule has 7 heteroatoms. The molecular weight excluding hydrogens is 252 g/mol. The van der Waals surface area contributed by atoms with Crippen LogP contribution in [0.2, 0.25) is 0 Å². The molecule has 18 heavy (non-hydrogen) atoms. The van der Waals surface area contributed by atoms with Gasteiger partial charge >= 0.3 is 6.18 Å². The molecule has 0 aliphatic rings. The smallest absolute Gasteiger partial charge is 0.392 e. The molecule has 0 aliphatic heterocycles. The summed E-state index contributed by atoms with van der Waals surface area (Å²) in [5, 5.41) is 9.04. The van der Waals surface area contributed by atoms with Gasteiger partial charge in [-0.3, -0.25) is 0 Å². The van der Waals surface area contributed by atoms with E-state index in [1.165, 1.54) is 0 Å². The van der Waals surface area contributed by atoms with E-state index in [1.54, 1.807) is 6.92 Å². The van der Waals surface area contributed by atoms with Crippen molar-refractivity contribution in [2.45, 2.75) is 26.1 Å². The molecule has 0 bridgehead atoms. The molecule has 1 N–H and O–H groups in total.